The summed E-state index contributed by atoms with van der Waals surface area (Å²) in [4.78, 5) is 60.3. The maximum Gasteiger partial charge on any atom is 1.00 e. The van der Waals surface area contributed by atoms with Gasteiger partial charge < -0.3 is 42.1 Å². The third-order valence-corrected chi connectivity index (χ3v) is 7.57. The van der Waals surface area contributed by atoms with Crippen LogP contribution in [0.2, 0.25) is 0 Å². The van der Waals surface area contributed by atoms with E-state index < -0.39 is 10.4 Å². The molecule has 6 rings (SSSR count). The van der Waals surface area contributed by atoms with E-state index in [1.807, 2.05) is 96.1 Å². The first kappa shape index (κ1) is 68.5. The summed E-state index contributed by atoms with van der Waals surface area (Å²) in [7, 11) is -4.67. The van der Waals surface area contributed by atoms with Crippen LogP contribution in [0, 0.1) is 0 Å². The van der Waals surface area contributed by atoms with Gasteiger partial charge in [-0.1, -0.05) is 98.7 Å². The summed E-state index contributed by atoms with van der Waals surface area (Å²) >= 11 is 4.64. The average Bonchev–Trinajstić information content (AvgIpc) is 3.57. The van der Waals surface area contributed by atoms with E-state index in [-0.39, 0.29) is 58.3 Å². The van der Waals surface area contributed by atoms with Crippen LogP contribution < -0.4 is 55.7 Å². The van der Waals surface area contributed by atoms with Crippen molar-refractivity contribution in [2.45, 2.75) is 82.6 Å². The molecule has 0 atom stereocenters. The zero-order valence-electron chi connectivity index (χ0n) is 39.6. The first-order valence-corrected chi connectivity index (χ1v) is 22.4. The van der Waals surface area contributed by atoms with Crippen molar-refractivity contribution in [1.82, 2.24) is 15.5 Å². The van der Waals surface area contributed by atoms with E-state index in [2.05, 4.69) is 58.5 Å². The van der Waals surface area contributed by atoms with E-state index in [4.69, 9.17) is 28.6 Å². The molecule has 0 bridgehead atoms. The van der Waals surface area contributed by atoms with E-state index in [1.54, 1.807) is 23.1 Å². The van der Waals surface area contributed by atoms with Gasteiger partial charge in [-0.2, -0.15) is 8.42 Å². The Labute approximate surface area is 408 Å². The van der Waals surface area contributed by atoms with Gasteiger partial charge in [0.1, 0.15) is 0 Å². The van der Waals surface area contributed by atoms with Crippen LogP contribution in [0.4, 0.5) is 17.1 Å². The zero-order valence-corrected chi connectivity index (χ0v) is 43.1. The van der Waals surface area contributed by atoms with Gasteiger partial charge in [0.15, 0.2) is 5.78 Å². The standard InChI is InChI=1S/C11H12N2O2.C9H10N2O.C9H9NO.C6H15N.C2H3ClO.3C2H6.N3.Na.H2O4S/c1-8(14)13-7-6-12-11(15)9-4-2-3-5-10(9)13;12-9-7-3-1-2-4-8(7)10-5-6-11-9;11-9-5-6-10-8-4-2-1-3-7(8)9;1-4-7(5-2)6-3;1-2(3)4;3*1-2;1-3-2;;1-5(2,3)4/h2-5H,6-7H2,1H3,(H,12,15);1-4,10H,5-6H2,(H,11,12);1-4,10H,5-6H2;4-6H2,1-3H3;1H3;3*1-2H3;;;(H2,1,2,3,4)/q;;;;;;;;-1;+1;. The van der Waals surface area contributed by atoms with Crippen molar-refractivity contribution in [3.05, 3.63) is 105 Å². The molecule has 0 spiro atoms. The second kappa shape index (κ2) is 43.7. The zero-order chi connectivity index (χ0) is 49.4. The van der Waals surface area contributed by atoms with Gasteiger partial charge in [-0.15, -0.1) is 0 Å². The van der Waals surface area contributed by atoms with E-state index in [1.165, 1.54) is 38.4 Å². The number of benzene rings is 3. The Hall–Kier alpha value is -4.56. The molecule has 3 heterocycles. The molecule has 354 valence electrons. The molecule has 0 saturated carbocycles. The van der Waals surface area contributed by atoms with Crippen molar-refractivity contribution in [1.29, 1.82) is 0 Å². The van der Waals surface area contributed by atoms with Crippen molar-refractivity contribution in [2.75, 3.05) is 67.9 Å². The van der Waals surface area contributed by atoms with Crippen LogP contribution in [0.3, 0.4) is 0 Å². The molecule has 0 unspecified atom stereocenters. The number of anilines is 3. The third-order valence-electron chi connectivity index (χ3n) is 7.57. The van der Waals surface area contributed by atoms with Gasteiger partial charge in [0, 0.05) is 69.9 Å². The van der Waals surface area contributed by atoms with Crippen molar-refractivity contribution in [2.24, 2.45) is 0 Å². The first-order chi connectivity index (χ1) is 29.9. The van der Waals surface area contributed by atoms with Gasteiger partial charge in [0.05, 0.1) is 16.8 Å². The van der Waals surface area contributed by atoms with Gasteiger partial charge in [-0.05, 0) is 67.6 Å². The number of carbonyl (C=O) groups excluding carboxylic acids is 5. The molecule has 21 heteroatoms. The molecule has 0 aromatic heterocycles. The van der Waals surface area contributed by atoms with E-state index >= 15 is 0 Å². The quantitative estimate of drug-likeness (QED) is 0.0459. The number of Topliss-reactive ketones (excluding diaryl/α,β-unsaturated/α-hetero) is 1. The molecule has 0 radical (unpaired) electrons. The van der Waals surface area contributed by atoms with Gasteiger partial charge in [-0.25, -0.2) is 0 Å². The minimum Gasteiger partial charge on any atom is -0.384 e. The maximum atomic E-state index is 11.6. The van der Waals surface area contributed by atoms with E-state index in [0.29, 0.717) is 37.3 Å². The number of rotatable bonds is 3. The summed E-state index contributed by atoms with van der Waals surface area (Å²) in [5.74, 6) is 0.100. The van der Waals surface area contributed by atoms with Gasteiger partial charge >= 0.3 is 40.0 Å². The summed E-state index contributed by atoms with van der Waals surface area (Å²) in [6, 6.07) is 22.3. The number of hydrogen-bond donors (Lipinski definition) is 6. The first-order valence-electron chi connectivity index (χ1n) is 20.6. The second-order valence-electron chi connectivity index (χ2n) is 11.4. The normalized spacial score (nSPS) is 12.0. The summed E-state index contributed by atoms with van der Waals surface area (Å²) in [6.07, 6.45) is 0.622. The fourth-order valence-corrected chi connectivity index (χ4v) is 5.03. The molecule has 18 nitrogen and oxygen atoms in total. The number of carbonyl (C=O) groups is 5. The van der Waals surface area contributed by atoms with Crippen molar-refractivity contribution in [3.63, 3.8) is 0 Å². The molecule has 3 aromatic rings. The fraction of sp³-hybridized carbons (Fsp3) is 0.465. The largest absolute Gasteiger partial charge is 1.00 e. The smallest absolute Gasteiger partial charge is 0.384 e. The maximum absolute atomic E-state index is 11.6. The SMILES string of the molecule is CC.CC.CC.CC(=O)Cl.CC(=O)N1CCNC(=O)c2ccccc21.CCN(CC)CC.O=C1CCNc2ccccc21.O=C1NCCNc2ccccc21.O=S(=O)(O)O.[N-]=[N+]=[N-].[Na+]. The fourth-order valence-electron chi connectivity index (χ4n) is 5.03. The molecule has 3 aromatic carbocycles. The Morgan fingerprint density at radius 3 is 1.44 bits per heavy atom. The third kappa shape index (κ3) is 33.9. The minimum atomic E-state index is -4.67. The van der Waals surface area contributed by atoms with Gasteiger partial charge in [0.25, 0.3) is 11.8 Å². The molecule has 3 aliphatic rings. The number of para-hydroxylation sites is 3. The van der Waals surface area contributed by atoms with Crippen LogP contribution >= 0.6 is 11.6 Å². The number of halogens is 1. The molecule has 3 aliphatic heterocycles. The van der Waals surface area contributed by atoms with Crippen LogP contribution in [0.5, 0.6) is 0 Å². The predicted octanol–water partition coefficient (Wildman–Crippen LogP) is 5.73. The number of ketones is 1. The number of nitrogens with one attached hydrogen (secondary N) is 4. The van der Waals surface area contributed by atoms with Gasteiger partial charge in [0.2, 0.25) is 11.1 Å². The molecule has 0 fully saturated rings. The van der Waals surface area contributed by atoms with Crippen LogP contribution in [0.25, 0.3) is 16.0 Å². The Bertz CT molecular complexity index is 1880. The van der Waals surface area contributed by atoms with Crippen LogP contribution in [0.15, 0.2) is 72.8 Å². The summed E-state index contributed by atoms with van der Waals surface area (Å²) in [6.45, 7) is 28.2. The number of nitrogens with zero attached hydrogens (tertiary/aromatic N) is 5. The molecule has 6 N–H and O–H groups in total. The molecular weight excluding hydrogens is 877 g/mol. The molecule has 3 amide bonds. The van der Waals surface area contributed by atoms with E-state index in [0.717, 1.165) is 35.6 Å². The minimum absolute atomic E-state index is 0. The molecule has 0 aliphatic carbocycles. The number of amides is 3. The number of fused-ring (bicyclic) bond motifs is 3. The summed E-state index contributed by atoms with van der Waals surface area (Å²) in [5, 5.41) is 11.5. The summed E-state index contributed by atoms with van der Waals surface area (Å²) < 4.78 is 31.6. The second-order valence-corrected chi connectivity index (χ2v) is 12.9. The Morgan fingerprint density at radius 1 is 0.672 bits per heavy atom. The van der Waals surface area contributed by atoms with Crippen molar-refractivity contribution in [3.8, 4) is 0 Å². The monoisotopic (exact) mass is 945 g/mol. The van der Waals surface area contributed by atoms with Crippen LogP contribution in [-0.4, -0.2) is 104 Å². The Morgan fingerprint density at radius 2 is 1.02 bits per heavy atom. The number of hydrogen-bond acceptors (Lipinski definition) is 10. The predicted molar refractivity (Wildman–Crippen MR) is 256 cm³/mol. The van der Waals surface area contributed by atoms with Crippen molar-refractivity contribution < 1.29 is 71.1 Å². The Balaban J connectivity index is -0.000000218. The summed E-state index contributed by atoms with van der Waals surface area (Å²) in [5.41, 5.74) is 18.2. The van der Waals surface area contributed by atoms with Crippen LogP contribution in [0.1, 0.15) is 114 Å². The molecular formula is C43H69ClN9NaO9S. The van der Waals surface area contributed by atoms with E-state index in [9.17, 15) is 24.0 Å². The molecule has 0 saturated heterocycles. The van der Waals surface area contributed by atoms with Gasteiger partial charge in [-0.3, -0.25) is 38.0 Å². The topological polar surface area (TPSA) is 273 Å². The molecule has 64 heavy (non-hydrogen) atoms. The van der Waals surface area contributed by atoms with Crippen LogP contribution in [-0.2, 0) is 20.0 Å². The average molecular weight is 947 g/mol. The Kier molecular flexibility index (Phi) is 46.7. The van der Waals surface area contributed by atoms with Crippen molar-refractivity contribution >= 4 is 67.8 Å².